The maximum atomic E-state index is 13.6. The van der Waals surface area contributed by atoms with Crippen LogP contribution in [0.5, 0.6) is 5.75 Å². The van der Waals surface area contributed by atoms with Crippen LogP contribution in [0.15, 0.2) is 29.4 Å². The molecular weight excluding hydrogens is 499 g/mol. The summed E-state index contributed by atoms with van der Waals surface area (Å²) in [7, 11) is 4.71. The monoisotopic (exact) mass is 530 g/mol. The molecule has 3 heterocycles. The number of halogens is 1. The molecule has 204 valence electrons. The van der Waals surface area contributed by atoms with E-state index >= 15 is 0 Å². The molecule has 2 aliphatic rings. The Bertz CT molecular complexity index is 1200. The number of urea groups is 1. The molecule has 0 aliphatic carbocycles. The van der Waals surface area contributed by atoms with Gasteiger partial charge in [0.2, 0.25) is 0 Å². The number of rotatable bonds is 8. The highest BCUT2D eigenvalue weighted by molar-refractivity contribution is 6.02. The third-order valence-corrected chi connectivity index (χ3v) is 6.02. The minimum Gasteiger partial charge on any atom is -0.494 e. The van der Waals surface area contributed by atoms with Gasteiger partial charge in [0.05, 0.1) is 32.1 Å². The van der Waals surface area contributed by atoms with Crippen LogP contribution in [-0.2, 0) is 20.9 Å². The molecule has 1 unspecified atom stereocenters. The van der Waals surface area contributed by atoms with Gasteiger partial charge in [0.1, 0.15) is 23.3 Å². The molecule has 1 aromatic carbocycles. The average Bonchev–Trinajstić information content (AvgIpc) is 3.41. The Hall–Kier alpha value is -3.84. The summed E-state index contributed by atoms with van der Waals surface area (Å²) in [5.41, 5.74) is 1.90. The van der Waals surface area contributed by atoms with Crippen molar-refractivity contribution >= 4 is 17.6 Å². The van der Waals surface area contributed by atoms with Gasteiger partial charge < -0.3 is 34.6 Å². The normalized spacial score (nSPS) is 20.8. The van der Waals surface area contributed by atoms with E-state index < -0.39 is 11.7 Å². The van der Waals surface area contributed by atoms with Crippen molar-refractivity contribution in [3.05, 3.63) is 52.9 Å². The smallest absolute Gasteiger partial charge is 0.316 e. The average molecular weight is 531 g/mol. The molecule has 3 amide bonds. The van der Waals surface area contributed by atoms with Crippen LogP contribution in [0.3, 0.4) is 0 Å². The number of carbonyl (C=O) groups is 2. The van der Waals surface area contributed by atoms with Crippen LogP contribution in [0, 0.1) is 12.7 Å². The number of ether oxygens (including phenoxy) is 3. The SMILES string of the molecule is COc1cc(CNC(=O)c2cc(C3=NOC([C@H]4CO[C@H](CNC(=O)N(C)C)CO4)C3)nc(C)n2)ccc1F. The quantitative estimate of drug-likeness (QED) is 0.523. The zero-order valence-electron chi connectivity index (χ0n) is 21.7. The van der Waals surface area contributed by atoms with Gasteiger partial charge in [-0.25, -0.2) is 19.2 Å². The zero-order valence-corrected chi connectivity index (χ0v) is 21.7. The van der Waals surface area contributed by atoms with Crippen LogP contribution in [0.25, 0.3) is 0 Å². The van der Waals surface area contributed by atoms with Crippen LogP contribution < -0.4 is 15.4 Å². The maximum Gasteiger partial charge on any atom is 0.316 e. The predicted octanol–water partition coefficient (Wildman–Crippen LogP) is 1.41. The fraction of sp³-hybridized carbons (Fsp3) is 0.480. The number of amides is 3. The Balaban J connectivity index is 1.31. The molecular formula is C25H31FN6O6. The first-order valence-electron chi connectivity index (χ1n) is 12.1. The molecule has 1 aromatic heterocycles. The van der Waals surface area contributed by atoms with E-state index in [2.05, 4.69) is 25.8 Å². The number of nitrogens with zero attached hydrogens (tertiary/aromatic N) is 4. The predicted molar refractivity (Wildman–Crippen MR) is 133 cm³/mol. The molecule has 13 heteroatoms. The Kier molecular flexibility index (Phi) is 8.69. The van der Waals surface area contributed by atoms with Crippen molar-refractivity contribution in [2.24, 2.45) is 5.16 Å². The molecule has 0 bridgehead atoms. The lowest BCUT2D eigenvalue weighted by Gasteiger charge is -2.31. The van der Waals surface area contributed by atoms with Gasteiger partial charge in [0.25, 0.3) is 5.91 Å². The first kappa shape index (κ1) is 27.2. The summed E-state index contributed by atoms with van der Waals surface area (Å²) >= 11 is 0. The van der Waals surface area contributed by atoms with Crippen molar-refractivity contribution in [1.29, 1.82) is 0 Å². The molecule has 1 fully saturated rings. The van der Waals surface area contributed by atoms with Crippen LogP contribution >= 0.6 is 0 Å². The number of benzene rings is 1. The second-order valence-electron chi connectivity index (χ2n) is 9.13. The Morgan fingerprint density at radius 3 is 2.66 bits per heavy atom. The third kappa shape index (κ3) is 6.72. The van der Waals surface area contributed by atoms with E-state index in [1.165, 1.54) is 24.1 Å². The van der Waals surface area contributed by atoms with Gasteiger partial charge in [-0.1, -0.05) is 11.2 Å². The van der Waals surface area contributed by atoms with E-state index in [1.807, 2.05) is 0 Å². The molecule has 38 heavy (non-hydrogen) atoms. The third-order valence-electron chi connectivity index (χ3n) is 6.02. The van der Waals surface area contributed by atoms with Crippen LogP contribution in [0.2, 0.25) is 0 Å². The van der Waals surface area contributed by atoms with Crippen molar-refractivity contribution in [2.45, 2.75) is 38.2 Å². The van der Waals surface area contributed by atoms with E-state index in [4.69, 9.17) is 19.0 Å². The molecule has 0 saturated carbocycles. The molecule has 3 atom stereocenters. The van der Waals surface area contributed by atoms with E-state index in [0.29, 0.717) is 49.0 Å². The van der Waals surface area contributed by atoms with Crippen LogP contribution in [0.4, 0.5) is 9.18 Å². The Morgan fingerprint density at radius 2 is 1.95 bits per heavy atom. The molecule has 2 aliphatic heterocycles. The minimum absolute atomic E-state index is 0.102. The molecule has 2 N–H and O–H groups in total. The summed E-state index contributed by atoms with van der Waals surface area (Å²) in [6.07, 6.45) is -0.541. The molecule has 2 aromatic rings. The fourth-order valence-electron chi connectivity index (χ4n) is 3.92. The van der Waals surface area contributed by atoms with Crippen molar-refractivity contribution in [3.63, 3.8) is 0 Å². The first-order chi connectivity index (χ1) is 18.2. The van der Waals surface area contributed by atoms with E-state index in [1.54, 1.807) is 33.2 Å². The molecule has 0 radical (unpaired) electrons. The van der Waals surface area contributed by atoms with Gasteiger partial charge in [-0.05, 0) is 30.7 Å². The number of aryl methyl sites for hydroxylation is 1. The summed E-state index contributed by atoms with van der Waals surface area (Å²) in [6, 6.07) is 5.73. The molecule has 12 nitrogen and oxygen atoms in total. The van der Waals surface area contributed by atoms with Crippen molar-refractivity contribution in [3.8, 4) is 5.75 Å². The standard InChI is InChI=1S/C25H31FN6O6/c1-14-29-18(8-20(30-14)24(33)27-10-15-5-6-17(26)21(7-15)35-4)19-9-22(38-31-19)23-13-36-16(12-37-23)11-28-25(34)32(2)3/h5-8,16,22-23H,9-13H2,1-4H3,(H,27,33)(H,28,34)/t16-,22?,23-/m1/s1. The van der Waals surface area contributed by atoms with Crippen molar-refractivity contribution in [1.82, 2.24) is 25.5 Å². The second kappa shape index (κ2) is 12.1. The van der Waals surface area contributed by atoms with E-state index in [0.717, 1.165) is 0 Å². The van der Waals surface area contributed by atoms with Gasteiger partial charge in [-0.3, -0.25) is 4.79 Å². The maximum absolute atomic E-state index is 13.6. The largest absolute Gasteiger partial charge is 0.494 e. The number of hydrogen-bond acceptors (Lipinski definition) is 9. The van der Waals surface area contributed by atoms with Gasteiger partial charge in [0.15, 0.2) is 17.7 Å². The summed E-state index contributed by atoms with van der Waals surface area (Å²) in [5.74, 6) is -0.380. The summed E-state index contributed by atoms with van der Waals surface area (Å²) < 4.78 is 30.4. The highest BCUT2D eigenvalue weighted by atomic mass is 19.1. The zero-order chi connectivity index (χ0) is 27.2. The van der Waals surface area contributed by atoms with Gasteiger partial charge in [0, 0.05) is 33.6 Å². The van der Waals surface area contributed by atoms with E-state index in [9.17, 15) is 14.0 Å². The number of carbonyl (C=O) groups excluding carboxylic acids is 2. The highest BCUT2D eigenvalue weighted by Crippen LogP contribution is 2.23. The van der Waals surface area contributed by atoms with Gasteiger partial charge in [-0.15, -0.1) is 0 Å². The van der Waals surface area contributed by atoms with Crippen molar-refractivity contribution < 1.29 is 33.0 Å². The molecule has 0 spiro atoms. The van der Waals surface area contributed by atoms with Crippen LogP contribution in [-0.4, -0.2) is 91.8 Å². The summed E-state index contributed by atoms with van der Waals surface area (Å²) in [6.45, 7) is 2.80. The highest BCUT2D eigenvalue weighted by Gasteiger charge is 2.35. The number of oxime groups is 1. The lowest BCUT2D eigenvalue weighted by molar-refractivity contribution is -0.169. The molecule has 4 rings (SSSR count). The van der Waals surface area contributed by atoms with E-state index in [-0.39, 0.29) is 42.3 Å². The lowest BCUT2D eigenvalue weighted by Crippen LogP contribution is -2.48. The summed E-state index contributed by atoms with van der Waals surface area (Å²) in [5, 5.41) is 9.72. The van der Waals surface area contributed by atoms with Gasteiger partial charge >= 0.3 is 6.03 Å². The van der Waals surface area contributed by atoms with Crippen LogP contribution in [0.1, 0.15) is 34.0 Å². The fourth-order valence-corrected chi connectivity index (χ4v) is 3.92. The second-order valence-corrected chi connectivity index (χ2v) is 9.13. The topological polar surface area (TPSA) is 136 Å². The first-order valence-corrected chi connectivity index (χ1v) is 12.1. The molecule has 1 saturated heterocycles. The minimum atomic E-state index is -0.477. The number of hydrogen-bond donors (Lipinski definition) is 2. The number of methoxy groups -OCH3 is 1. The lowest BCUT2D eigenvalue weighted by atomic mass is 10.0. The number of nitrogens with one attached hydrogen (secondary N) is 2. The Labute approximate surface area is 219 Å². The van der Waals surface area contributed by atoms with Gasteiger partial charge in [-0.2, -0.15) is 0 Å². The number of aromatic nitrogens is 2. The van der Waals surface area contributed by atoms with Crippen molar-refractivity contribution in [2.75, 3.05) is 41.0 Å². The summed E-state index contributed by atoms with van der Waals surface area (Å²) in [4.78, 5) is 40.2. The Morgan fingerprint density at radius 1 is 1.13 bits per heavy atom.